The highest BCUT2D eigenvalue weighted by molar-refractivity contribution is 6.37. The van der Waals surface area contributed by atoms with Gasteiger partial charge in [0.05, 0.1) is 27.6 Å². The van der Waals surface area contributed by atoms with Crippen LogP contribution in [0.1, 0.15) is 31.4 Å². The fraction of sp³-hybridized carbons (Fsp3) is 0.0833. The molecule has 0 spiro atoms. The number of rotatable bonds is 4. The van der Waals surface area contributed by atoms with E-state index in [-0.39, 0.29) is 5.41 Å². The van der Waals surface area contributed by atoms with E-state index in [1.165, 1.54) is 93.0 Å². The summed E-state index contributed by atoms with van der Waals surface area (Å²) in [6.45, 7) is 4.78. The van der Waals surface area contributed by atoms with Gasteiger partial charge in [0.1, 0.15) is 0 Å². The van der Waals surface area contributed by atoms with Crippen molar-refractivity contribution in [3.8, 4) is 39.9 Å². The van der Waals surface area contributed by atoms with Gasteiger partial charge in [-0.2, -0.15) is 9.97 Å². The van der Waals surface area contributed by atoms with Gasteiger partial charge < -0.3 is 4.40 Å². The van der Waals surface area contributed by atoms with Gasteiger partial charge in [0.25, 0.3) is 0 Å². The Labute approximate surface area is 374 Å². The summed E-state index contributed by atoms with van der Waals surface area (Å²) in [6.07, 6.45) is 12.4. The molecule has 65 heavy (non-hydrogen) atoms. The van der Waals surface area contributed by atoms with E-state index in [4.69, 9.17) is 15.0 Å². The molecule has 0 fully saturated rings. The van der Waals surface area contributed by atoms with Crippen LogP contribution in [0.2, 0.25) is 0 Å². The van der Waals surface area contributed by atoms with Gasteiger partial charge in [0, 0.05) is 54.8 Å². The molecule has 0 N–H and O–H groups in total. The lowest BCUT2D eigenvalue weighted by atomic mass is 9.73. The number of aromatic nitrogens is 5. The SMILES string of the molecule is CC1(C)C2=C(C=C3C=CC=CC3C2)c2ccc(-c3nc(-c4ccc(-c5ccccc5)cc4)nc(-n4c5ccc6cccc7c6c5c5c6c(ccc8c9ccccc9n7c86)ccc54)n3)cc21. The molecule has 5 nitrogen and oxygen atoms in total. The Morgan fingerprint density at radius 3 is 2.08 bits per heavy atom. The Hall–Kier alpha value is -8.15. The maximum Gasteiger partial charge on any atom is 0.238 e. The van der Waals surface area contributed by atoms with E-state index < -0.39 is 0 Å². The number of fused-ring (bicyclic) bond motifs is 7. The van der Waals surface area contributed by atoms with Crippen molar-refractivity contribution in [2.45, 2.75) is 25.7 Å². The first kappa shape index (κ1) is 35.3. The average Bonchev–Trinajstić information content (AvgIpc) is 3.92. The van der Waals surface area contributed by atoms with E-state index in [2.05, 4.69) is 205 Å². The molecule has 5 heteroatoms. The van der Waals surface area contributed by atoms with Crippen LogP contribution in [-0.4, -0.2) is 23.9 Å². The molecule has 15 rings (SSSR count). The van der Waals surface area contributed by atoms with E-state index in [9.17, 15) is 0 Å². The first-order valence-electron chi connectivity index (χ1n) is 22.7. The lowest BCUT2D eigenvalue weighted by Gasteiger charge is -2.30. The number of hydrogen-bond donors (Lipinski definition) is 0. The van der Waals surface area contributed by atoms with Crippen LogP contribution in [0.25, 0.3) is 116 Å². The molecule has 0 aliphatic heterocycles. The highest BCUT2D eigenvalue weighted by atomic mass is 15.2. The average molecular weight is 830 g/mol. The molecule has 4 aromatic heterocycles. The van der Waals surface area contributed by atoms with Gasteiger partial charge in [-0.1, -0.05) is 171 Å². The van der Waals surface area contributed by atoms with Crippen molar-refractivity contribution < 1.29 is 0 Å². The van der Waals surface area contributed by atoms with Crippen molar-refractivity contribution in [2.75, 3.05) is 0 Å². The molecule has 4 heterocycles. The van der Waals surface area contributed by atoms with Gasteiger partial charge in [-0.15, -0.1) is 0 Å². The predicted octanol–water partition coefficient (Wildman–Crippen LogP) is 14.8. The maximum absolute atomic E-state index is 5.52. The van der Waals surface area contributed by atoms with Crippen molar-refractivity contribution in [2.24, 2.45) is 5.92 Å². The Morgan fingerprint density at radius 1 is 0.538 bits per heavy atom. The third kappa shape index (κ3) is 4.69. The number of hydrogen-bond acceptors (Lipinski definition) is 3. The number of benzene rings is 8. The normalized spacial score (nSPS) is 16.6. The molecule has 0 saturated carbocycles. The van der Waals surface area contributed by atoms with Gasteiger partial charge >= 0.3 is 0 Å². The summed E-state index contributed by atoms with van der Waals surface area (Å²) < 4.78 is 4.81. The summed E-state index contributed by atoms with van der Waals surface area (Å²) in [5, 5.41) is 9.90. The lowest BCUT2D eigenvalue weighted by Crippen LogP contribution is -2.21. The van der Waals surface area contributed by atoms with Crippen LogP contribution in [0.4, 0.5) is 0 Å². The Morgan fingerprint density at radius 2 is 1.23 bits per heavy atom. The van der Waals surface area contributed by atoms with Gasteiger partial charge in [-0.3, -0.25) is 4.57 Å². The molecule has 304 valence electrons. The third-order valence-electron chi connectivity index (χ3n) is 15.1. The minimum Gasteiger partial charge on any atom is -0.308 e. The molecule has 0 saturated heterocycles. The van der Waals surface area contributed by atoms with Crippen LogP contribution in [0.15, 0.2) is 193 Å². The smallest absolute Gasteiger partial charge is 0.238 e. The van der Waals surface area contributed by atoms with Crippen molar-refractivity contribution in [3.63, 3.8) is 0 Å². The maximum atomic E-state index is 5.52. The predicted molar refractivity (Wildman–Crippen MR) is 268 cm³/mol. The van der Waals surface area contributed by atoms with Crippen LogP contribution < -0.4 is 0 Å². The molecule has 0 radical (unpaired) electrons. The van der Waals surface area contributed by atoms with E-state index in [0.29, 0.717) is 23.5 Å². The standard InChI is InChI=1S/C60H39N5/c1-60(2)46-33-41(24-27-42(46)45-31-39-13-6-7-14-40(39)32-47(45)60)58-61-57(38-21-19-35(20-22-38)34-11-4-3-5-12-34)62-59(63-58)65-50-29-25-36-15-10-18-49-52(36)54(50)55-51(65)30-26-37-23-28-44-43-16-8-9-17-48(43)64(49)56(44)53(37)55/h3-31,33,40H,32H2,1-2H3. The number of allylic oxidation sites excluding steroid dienone is 8. The molecule has 0 bridgehead atoms. The second kappa shape index (κ2) is 12.5. The molecule has 8 aromatic carbocycles. The molecule has 0 amide bonds. The van der Waals surface area contributed by atoms with Crippen molar-refractivity contribution in [3.05, 3.63) is 204 Å². The van der Waals surface area contributed by atoms with Crippen LogP contribution in [-0.2, 0) is 5.41 Å². The zero-order valence-corrected chi connectivity index (χ0v) is 35.8. The second-order valence-electron chi connectivity index (χ2n) is 18.7. The number of nitrogens with zero attached hydrogens (tertiary/aromatic N) is 5. The highest BCUT2D eigenvalue weighted by Gasteiger charge is 2.40. The van der Waals surface area contributed by atoms with E-state index in [1.54, 1.807) is 0 Å². The van der Waals surface area contributed by atoms with E-state index in [0.717, 1.165) is 34.1 Å². The summed E-state index contributed by atoms with van der Waals surface area (Å²) in [4.78, 5) is 16.3. The zero-order valence-electron chi connectivity index (χ0n) is 35.8. The topological polar surface area (TPSA) is 48.0 Å². The summed E-state index contributed by atoms with van der Waals surface area (Å²) in [5.74, 6) is 2.32. The largest absolute Gasteiger partial charge is 0.308 e. The first-order valence-corrected chi connectivity index (χ1v) is 22.7. The van der Waals surface area contributed by atoms with Crippen molar-refractivity contribution in [1.29, 1.82) is 0 Å². The Kier molecular flexibility index (Phi) is 6.80. The van der Waals surface area contributed by atoms with Gasteiger partial charge in [0.2, 0.25) is 5.95 Å². The minimum atomic E-state index is -0.141. The summed E-state index contributed by atoms with van der Waals surface area (Å²) in [6, 6.07) is 55.3. The zero-order chi connectivity index (χ0) is 42.7. The van der Waals surface area contributed by atoms with Gasteiger partial charge in [-0.05, 0) is 80.9 Å². The second-order valence-corrected chi connectivity index (χ2v) is 18.7. The van der Waals surface area contributed by atoms with Crippen LogP contribution >= 0.6 is 0 Å². The fourth-order valence-corrected chi connectivity index (χ4v) is 12.0. The molecular formula is C60H39N5. The molecule has 1 unspecified atom stereocenters. The quantitative estimate of drug-likeness (QED) is 0.178. The molecular weight excluding hydrogens is 791 g/mol. The van der Waals surface area contributed by atoms with Crippen LogP contribution in [0, 0.1) is 5.92 Å². The fourth-order valence-electron chi connectivity index (χ4n) is 12.0. The Balaban J connectivity index is 1.00. The number of para-hydroxylation sites is 1. The summed E-state index contributed by atoms with van der Waals surface area (Å²) >= 11 is 0. The third-order valence-corrected chi connectivity index (χ3v) is 15.1. The van der Waals surface area contributed by atoms with Crippen molar-refractivity contribution >= 4 is 76.2 Å². The van der Waals surface area contributed by atoms with E-state index >= 15 is 0 Å². The molecule has 1 atom stereocenters. The van der Waals surface area contributed by atoms with Crippen LogP contribution in [0.5, 0.6) is 0 Å². The minimum absolute atomic E-state index is 0.141. The highest BCUT2D eigenvalue weighted by Crippen LogP contribution is 2.54. The lowest BCUT2D eigenvalue weighted by molar-refractivity contribution is 0.576. The first-order chi connectivity index (χ1) is 32.0. The monoisotopic (exact) mass is 829 g/mol. The van der Waals surface area contributed by atoms with Gasteiger partial charge in [-0.25, -0.2) is 4.98 Å². The molecule has 3 aliphatic rings. The summed E-state index contributed by atoms with van der Waals surface area (Å²) in [7, 11) is 0. The van der Waals surface area contributed by atoms with Crippen molar-refractivity contribution in [1.82, 2.24) is 23.9 Å². The summed E-state index contributed by atoms with van der Waals surface area (Å²) in [5.41, 5.74) is 16.8. The molecule has 12 aromatic rings. The molecule has 3 aliphatic carbocycles. The Bertz CT molecular complexity index is 4150. The van der Waals surface area contributed by atoms with E-state index in [1.807, 2.05) is 0 Å². The van der Waals surface area contributed by atoms with Crippen LogP contribution in [0.3, 0.4) is 0 Å². The van der Waals surface area contributed by atoms with Gasteiger partial charge in [0.15, 0.2) is 11.6 Å².